The van der Waals surface area contributed by atoms with Crippen molar-refractivity contribution >= 4 is 26.7 Å². The van der Waals surface area contributed by atoms with Gasteiger partial charge in [0.05, 0.1) is 0 Å². The Morgan fingerprint density at radius 1 is 0.900 bits per heavy atom. The second kappa shape index (κ2) is 5.35. The van der Waals surface area contributed by atoms with Gasteiger partial charge in [-0.2, -0.15) is 0 Å². The third-order valence-electron chi connectivity index (χ3n) is 3.37. The van der Waals surface area contributed by atoms with E-state index in [0.29, 0.717) is 5.56 Å². The van der Waals surface area contributed by atoms with Crippen LogP contribution >= 0.6 is 15.9 Å². The highest BCUT2D eigenvalue weighted by Gasteiger charge is 2.17. The molecule has 0 aliphatic rings. The molecule has 3 aromatic carbocycles. The molecule has 1 nitrogen and oxygen atoms in total. The Morgan fingerprint density at radius 2 is 1.65 bits per heavy atom. The van der Waals surface area contributed by atoms with Crippen LogP contribution < -0.4 is 0 Å². The number of benzene rings is 3. The van der Waals surface area contributed by atoms with E-state index in [1.54, 1.807) is 12.1 Å². The van der Waals surface area contributed by atoms with Crippen LogP contribution in [0.4, 0.5) is 4.39 Å². The van der Waals surface area contributed by atoms with Crippen molar-refractivity contribution in [1.82, 2.24) is 0 Å². The number of fused-ring (bicyclic) bond motifs is 1. The van der Waals surface area contributed by atoms with Crippen LogP contribution in [0.25, 0.3) is 10.8 Å². The average molecular weight is 331 g/mol. The average Bonchev–Trinajstić information content (AvgIpc) is 2.48. The summed E-state index contributed by atoms with van der Waals surface area (Å²) >= 11 is 3.31. The molecule has 0 spiro atoms. The van der Waals surface area contributed by atoms with Crippen molar-refractivity contribution in [2.75, 3.05) is 0 Å². The third-order valence-corrected chi connectivity index (χ3v) is 3.86. The monoisotopic (exact) mass is 330 g/mol. The zero-order valence-electron chi connectivity index (χ0n) is 10.6. The Balaban J connectivity index is 2.17. The van der Waals surface area contributed by atoms with Gasteiger partial charge in [-0.1, -0.05) is 58.4 Å². The molecule has 0 radical (unpaired) electrons. The molecule has 0 fully saturated rings. The summed E-state index contributed by atoms with van der Waals surface area (Å²) in [5.74, 6) is -0.409. The first-order valence-corrected chi connectivity index (χ1v) is 7.07. The lowest BCUT2D eigenvalue weighted by molar-refractivity contribution is 0.216. The van der Waals surface area contributed by atoms with E-state index in [1.807, 2.05) is 42.5 Å². The lowest BCUT2D eigenvalue weighted by atomic mass is 9.96. The fourth-order valence-corrected chi connectivity index (χ4v) is 2.76. The van der Waals surface area contributed by atoms with Crippen LogP contribution in [0.15, 0.2) is 65.1 Å². The lowest BCUT2D eigenvalue weighted by Crippen LogP contribution is -2.03. The van der Waals surface area contributed by atoms with E-state index >= 15 is 0 Å². The molecular weight excluding hydrogens is 319 g/mol. The number of halogens is 2. The Bertz CT molecular complexity index is 765. The molecule has 3 aromatic rings. The fraction of sp³-hybridized carbons (Fsp3) is 0.0588. The highest BCUT2D eigenvalue weighted by molar-refractivity contribution is 9.10. The molecular formula is C17H12BrFO. The summed E-state index contributed by atoms with van der Waals surface area (Å²) in [6, 6.07) is 18.0. The van der Waals surface area contributed by atoms with Gasteiger partial charge in [0, 0.05) is 10.0 Å². The van der Waals surface area contributed by atoms with E-state index in [1.165, 1.54) is 6.07 Å². The summed E-state index contributed by atoms with van der Waals surface area (Å²) in [5, 5.41) is 12.5. The van der Waals surface area contributed by atoms with Crippen molar-refractivity contribution in [3.63, 3.8) is 0 Å². The van der Waals surface area contributed by atoms with Crippen LogP contribution in [-0.4, -0.2) is 5.11 Å². The molecule has 3 heteroatoms. The molecule has 1 unspecified atom stereocenters. The van der Waals surface area contributed by atoms with Crippen molar-refractivity contribution in [1.29, 1.82) is 0 Å². The normalized spacial score (nSPS) is 12.6. The third kappa shape index (κ3) is 2.35. The second-order valence-electron chi connectivity index (χ2n) is 4.64. The summed E-state index contributed by atoms with van der Waals surface area (Å²) in [5.41, 5.74) is 0.982. The molecule has 0 aliphatic carbocycles. The van der Waals surface area contributed by atoms with Gasteiger partial charge >= 0.3 is 0 Å². The van der Waals surface area contributed by atoms with Crippen molar-refractivity contribution in [2.24, 2.45) is 0 Å². The number of aliphatic hydroxyl groups excluding tert-OH is 1. The van der Waals surface area contributed by atoms with Crippen molar-refractivity contribution < 1.29 is 9.50 Å². The molecule has 0 saturated heterocycles. The molecule has 3 rings (SSSR count). The Morgan fingerprint density at radius 3 is 2.50 bits per heavy atom. The summed E-state index contributed by atoms with van der Waals surface area (Å²) in [6.07, 6.45) is -0.987. The van der Waals surface area contributed by atoms with E-state index in [-0.39, 0.29) is 5.56 Å². The van der Waals surface area contributed by atoms with Gasteiger partial charge in [-0.05, 0) is 34.5 Å². The van der Waals surface area contributed by atoms with Gasteiger partial charge in [0.1, 0.15) is 11.9 Å². The van der Waals surface area contributed by atoms with Crippen LogP contribution in [-0.2, 0) is 0 Å². The molecule has 1 N–H and O–H groups in total. The predicted octanol–water partition coefficient (Wildman–Crippen LogP) is 4.82. The molecule has 0 amide bonds. The summed E-state index contributed by atoms with van der Waals surface area (Å²) in [6.45, 7) is 0. The fourth-order valence-electron chi connectivity index (χ4n) is 2.38. The first-order valence-electron chi connectivity index (χ1n) is 6.27. The number of hydrogen-bond donors (Lipinski definition) is 1. The Hall–Kier alpha value is -1.71. The quantitative estimate of drug-likeness (QED) is 0.714. The number of aliphatic hydroxyl groups is 1. The molecule has 1 atom stereocenters. The topological polar surface area (TPSA) is 20.2 Å². The highest BCUT2D eigenvalue weighted by Crippen LogP contribution is 2.31. The standard InChI is InChI=1S/C17H12BrFO/c18-12-8-9-16(19)15(10-12)17(20)14-7-3-5-11-4-1-2-6-13(11)14/h1-10,17,20H. The maximum absolute atomic E-state index is 13.9. The summed E-state index contributed by atoms with van der Waals surface area (Å²) < 4.78 is 14.7. The van der Waals surface area contributed by atoms with E-state index in [9.17, 15) is 9.50 Å². The van der Waals surface area contributed by atoms with Gasteiger partial charge in [0.25, 0.3) is 0 Å². The molecule has 20 heavy (non-hydrogen) atoms. The zero-order chi connectivity index (χ0) is 14.1. The summed E-state index contributed by atoms with van der Waals surface area (Å²) in [7, 11) is 0. The number of rotatable bonds is 2. The SMILES string of the molecule is OC(c1cc(Br)ccc1F)c1cccc2ccccc12. The van der Waals surface area contributed by atoms with Crippen LogP contribution in [0.1, 0.15) is 17.2 Å². The van der Waals surface area contributed by atoms with Gasteiger partial charge in [0.15, 0.2) is 0 Å². The smallest absolute Gasteiger partial charge is 0.129 e. The van der Waals surface area contributed by atoms with Gasteiger partial charge in [-0.15, -0.1) is 0 Å². The van der Waals surface area contributed by atoms with E-state index in [0.717, 1.165) is 15.2 Å². The molecule has 0 saturated carbocycles. The Labute approximate surface area is 124 Å². The minimum Gasteiger partial charge on any atom is -0.384 e. The minimum atomic E-state index is -0.987. The largest absolute Gasteiger partial charge is 0.384 e. The predicted molar refractivity (Wildman–Crippen MR) is 82.1 cm³/mol. The van der Waals surface area contributed by atoms with Crippen molar-refractivity contribution in [2.45, 2.75) is 6.10 Å². The van der Waals surface area contributed by atoms with Gasteiger partial charge in [0.2, 0.25) is 0 Å². The van der Waals surface area contributed by atoms with Crippen molar-refractivity contribution in [3.8, 4) is 0 Å². The van der Waals surface area contributed by atoms with E-state index < -0.39 is 11.9 Å². The molecule has 0 bridgehead atoms. The van der Waals surface area contributed by atoms with Crippen LogP contribution in [0.5, 0.6) is 0 Å². The first-order chi connectivity index (χ1) is 9.66. The van der Waals surface area contributed by atoms with Gasteiger partial charge in [-0.3, -0.25) is 0 Å². The van der Waals surface area contributed by atoms with Crippen molar-refractivity contribution in [3.05, 3.63) is 82.1 Å². The maximum Gasteiger partial charge on any atom is 0.129 e. The first kappa shape index (κ1) is 13.3. The second-order valence-corrected chi connectivity index (χ2v) is 5.55. The molecule has 0 aromatic heterocycles. The maximum atomic E-state index is 13.9. The highest BCUT2D eigenvalue weighted by atomic mass is 79.9. The van der Waals surface area contributed by atoms with E-state index in [4.69, 9.17) is 0 Å². The lowest BCUT2D eigenvalue weighted by Gasteiger charge is -2.15. The van der Waals surface area contributed by atoms with E-state index in [2.05, 4.69) is 15.9 Å². The number of hydrogen-bond acceptors (Lipinski definition) is 1. The van der Waals surface area contributed by atoms with Crippen LogP contribution in [0.3, 0.4) is 0 Å². The zero-order valence-corrected chi connectivity index (χ0v) is 12.1. The molecule has 0 aliphatic heterocycles. The van der Waals surface area contributed by atoms with Crippen LogP contribution in [0, 0.1) is 5.82 Å². The minimum absolute atomic E-state index is 0.274. The summed E-state index contributed by atoms with van der Waals surface area (Å²) in [4.78, 5) is 0. The van der Waals surface area contributed by atoms with Gasteiger partial charge < -0.3 is 5.11 Å². The van der Waals surface area contributed by atoms with Gasteiger partial charge in [-0.25, -0.2) is 4.39 Å². The molecule has 100 valence electrons. The molecule has 0 heterocycles. The van der Waals surface area contributed by atoms with Crippen LogP contribution in [0.2, 0.25) is 0 Å². The Kier molecular flexibility index (Phi) is 3.55.